The van der Waals surface area contributed by atoms with E-state index in [1.54, 1.807) is 0 Å². The molecule has 0 saturated carbocycles. The monoisotopic (exact) mass is 702 g/mol. The Kier molecular flexibility index (Phi) is 14.1. The Morgan fingerprint density at radius 2 is 0.760 bits per heavy atom. The standard InChI is InChI=1S/C40H62O10/c1-37(2,3)25-17-23(18-26(33(25)45)38(4,5)6)13-15-31(43)49-21-29(41)35(47)36(48)30(42)22-50-32(44)16-14-24-19-27(39(7,8)9)34(46)28(20-24)40(10,11)12/h17-20,29-30,35-36,41-42,45-48H,13-16,21-22H2,1-12H3. The number of esters is 2. The summed E-state index contributed by atoms with van der Waals surface area (Å²) in [4.78, 5) is 25.0. The second-order valence-electron chi connectivity index (χ2n) is 17.6. The molecule has 2 aromatic carbocycles. The maximum absolute atomic E-state index is 12.5. The van der Waals surface area contributed by atoms with Crippen molar-refractivity contribution in [2.24, 2.45) is 0 Å². The highest BCUT2D eigenvalue weighted by Crippen LogP contribution is 2.41. The minimum Gasteiger partial charge on any atom is -0.507 e. The Morgan fingerprint density at radius 3 is 0.980 bits per heavy atom. The molecule has 2 rings (SSSR count). The lowest BCUT2D eigenvalue weighted by Crippen LogP contribution is -2.48. The van der Waals surface area contributed by atoms with Crippen molar-refractivity contribution in [3.8, 4) is 11.5 Å². The number of carbonyl (C=O) groups excluding carboxylic acids is 2. The first-order chi connectivity index (χ1) is 22.6. The van der Waals surface area contributed by atoms with Gasteiger partial charge in [-0.1, -0.05) is 107 Å². The number of aryl methyl sites for hydroxylation is 2. The largest absolute Gasteiger partial charge is 0.507 e. The van der Waals surface area contributed by atoms with E-state index in [0.717, 1.165) is 33.4 Å². The van der Waals surface area contributed by atoms with Gasteiger partial charge in [0.25, 0.3) is 0 Å². The van der Waals surface area contributed by atoms with Crippen LogP contribution in [0.3, 0.4) is 0 Å². The average molecular weight is 703 g/mol. The Bertz CT molecular complexity index is 1290. The summed E-state index contributed by atoms with van der Waals surface area (Å²) < 4.78 is 10.3. The van der Waals surface area contributed by atoms with Crippen molar-refractivity contribution in [1.82, 2.24) is 0 Å². The summed E-state index contributed by atoms with van der Waals surface area (Å²) in [6.45, 7) is 22.7. The topological polar surface area (TPSA) is 174 Å². The van der Waals surface area contributed by atoms with Gasteiger partial charge in [-0.15, -0.1) is 0 Å². The molecule has 10 heteroatoms. The van der Waals surface area contributed by atoms with Crippen LogP contribution in [0.4, 0.5) is 0 Å². The SMILES string of the molecule is CC(C)(C)c1cc(CCC(=O)OCC(O)C(O)C(O)C(O)COC(=O)CCc2cc(C(C)(C)C)c(O)c(C(C)(C)C)c2)cc(C(C)(C)C)c1O. The van der Waals surface area contributed by atoms with Gasteiger partial charge in [0.15, 0.2) is 0 Å². The normalized spacial score (nSPS) is 15.3. The number of phenolic OH excluding ortho intramolecular Hbond substituents is 2. The molecular weight excluding hydrogens is 640 g/mol. The van der Waals surface area contributed by atoms with E-state index in [9.17, 15) is 40.2 Å². The molecule has 10 nitrogen and oxygen atoms in total. The average Bonchev–Trinajstić information content (AvgIpc) is 2.98. The van der Waals surface area contributed by atoms with Gasteiger partial charge in [0.1, 0.15) is 49.1 Å². The molecule has 6 N–H and O–H groups in total. The maximum Gasteiger partial charge on any atom is 0.306 e. The molecule has 50 heavy (non-hydrogen) atoms. The van der Waals surface area contributed by atoms with Gasteiger partial charge < -0.3 is 40.1 Å². The number of phenols is 2. The van der Waals surface area contributed by atoms with E-state index >= 15 is 0 Å². The van der Waals surface area contributed by atoms with Crippen LogP contribution in [0.25, 0.3) is 0 Å². The first kappa shape index (κ1) is 43.0. The Morgan fingerprint density at radius 1 is 0.520 bits per heavy atom. The summed E-state index contributed by atoms with van der Waals surface area (Å²) in [5.74, 6) is -0.800. The van der Waals surface area contributed by atoms with E-state index < -0.39 is 49.6 Å². The van der Waals surface area contributed by atoms with Crippen molar-refractivity contribution in [2.45, 2.75) is 155 Å². The van der Waals surface area contributed by atoms with E-state index in [1.165, 1.54) is 0 Å². The summed E-state index contributed by atoms with van der Waals surface area (Å²) >= 11 is 0. The van der Waals surface area contributed by atoms with Crippen LogP contribution in [0.15, 0.2) is 24.3 Å². The highest BCUT2D eigenvalue weighted by atomic mass is 16.5. The van der Waals surface area contributed by atoms with Gasteiger partial charge in [0.2, 0.25) is 0 Å². The zero-order chi connectivity index (χ0) is 38.6. The summed E-state index contributed by atoms with van der Waals surface area (Å²) in [5, 5.41) is 63.4. The molecule has 0 fully saturated rings. The van der Waals surface area contributed by atoms with Crippen molar-refractivity contribution in [3.63, 3.8) is 0 Å². The highest BCUT2D eigenvalue weighted by Gasteiger charge is 2.33. The van der Waals surface area contributed by atoms with Gasteiger partial charge in [-0.3, -0.25) is 9.59 Å². The first-order valence-electron chi connectivity index (χ1n) is 17.4. The van der Waals surface area contributed by atoms with Crippen LogP contribution in [0, 0.1) is 0 Å². The minimum absolute atomic E-state index is 0.0267. The molecule has 0 aliphatic carbocycles. The summed E-state index contributed by atoms with van der Waals surface area (Å²) in [6, 6.07) is 7.50. The van der Waals surface area contributed by atoms with E-state index in [2.05, 4.69) is 0 Å². The zero-order valence-corrected chi connectivity index (χ0v) is 32.2. The van der Waals surface area contributed by atoms with Crippen LogP contribution in [0.1, 0.15) is 129 Å². The number of hydrogen-bond donors (Lipinski definition) is 6. The molecule has 0 heterocycles. The molecule has 0 bridgehead atoms. The Balaban J connectivity index is 1.91. The smallest absolute Gasteiger partial charge is 0.306 e. The lowest BCUT2D eigenvalue weighted by atomic mass is 9.78. The van der Waals surface area contributed by atoms with Gasteiger partial charge >= 0.3 is 11.9 Å². The summed E-state index contributed by atoms with van der Waals surface area (Å²) in [5.41, 5.74) is 3.45. The molecule has 2 aromatic rings. The highest BCUT2D eigenvalue weighted by molar-refractivity contribution is 5.70. The third-order valence-electron chi connectivity index (χ3n) is 8.78. The zero-order valence-electron chi connectivity index (χ0n) is 32.2. The number of aromatic hydroxyl groups is 2. The third kappa shape index (κ3) is 12.0. The third-order valence-corrected chi connectivity index (χ3v) is 8.78. The van der Waals surface area contributed by atoms with Gasteiger partial charge in [-0.2, -0.15) is 0 Å². The van der Waals surface area contributed by atoms with Crippen molar-refractivity contribution >= 4 is 11.9 Å². The molecular formula is C40H62O10. The predicted molar refractivity (Wildman–Crippen MR) is 194 cm³/mol. The minimum atomic E-state index is -1.89. The van der Waals surface area contributed by atoms with E-state index in [-0.39, 0.29) is 46.0 Å². The molecule has 4 unspecified atom stereocenters. The van der Waals surface area contributed by atoms with E-state index in [4.69, 9.17) is 9.47 Å². The van der Waals surface area contributed by atoms with Crippen molar-refractivity contribution in [1.29, 1.82) is 0 Å². The second-order valence-corrected chi connectivity index (χ2v) is 17.6. The molecule has 0 radical (unpaired) electrons. The van der Waals surface area contributed by atoms with Crippen LogP contribution in [0.5, 0.6) is 11.5 Å². The van der Waals surface area contributed by atoms with Crippen molar-refractivity contribution < 1.29 is 49.7 Å². The maximum atomic E-state index is 12.5. The molecule has 282 valence electrons. The van der Waals surface area contributed by atoms with Gasteiger partial charge in [-0.05, 0) is 67.9 Å². The van der Waals surface area contributed by atoms with Crippen LogP contribution < -0.4 is 0 Å². The van der Waals surface area contributed by atoms with E-state index in [1.807, 2.05) is 107 Å². The predicted octanol–water partition coefficient (Wildman–Crippen LogP) is 5.38. The molecule has 0 spiro atoms. The Hall–Kier alpha value is -3.18. The number of hydrogen-bond acceptors (Lipinski definition) is 10. The fraction of sp³-hybridized carbons (Fsp3) is 0.650. The van der Waals surface area contributed by atoms with Crippen LogP contribution in [-0.4, -0.2) is 80.2 Å². The number of aliphatic hydroxyl groups is 4. The molecule has 0 aliphatic heterocycles. The molecule has 0 saturated heterocycles. The van der Waals surface area contributed by atoms with Crippen LogP contribution >= 0.6 is 0 Å². The number of aliphatic hydroxyl groups excluding tert-OH is 4. The van der Waals surface area contributed by atoms with Gasteiger partial charge in [0, 0.05) is 12.8 Å². The number of benzene rings is 2. The first-order valence-corrected chi connectivity index (χ1v) is 17.4. The molecule has 0 aromatic heterocycles. The summed E-state index contributed by atoms with van der Waals surface area (Å²) in [6.07, 6.45) is -6.62. The lowest BCUT2D eigenvalue weighted by Gasteiger charge is -2.28. The molecule has 4 atom stereocenters. The molecule has 0 aliphatic rings. The molecule has 0 amide bonds. The summed E-state index contributed by atoms with van der Waals surface area (Å²) in [7, 11) is 0. The van der Waals surface area contributed by atoms with Crippen LogP contribution in [0.2, 0.25) is 0 Å². The Labute approximate surface area is 298 Å². The number of rotatable bonds is 13. The quantitative estimate of drug-likeness (QED) is 0.149. The van der Waals surface area contributed by atoms with Crippen molar-refractivity contribution in [3.05, 3.63) is 57.6 Å². The fourth-order valence-corrected chi connectivity index (χ4v) is 5.61. The lowest BCUT2D eigenvalue weighted by molar-refractivity contribution is -0.162. The van der Waals surface area contributed by atoms with Gasteiger partial charge in [-0.25, -0.2) is 0 Å². The van der Waals surface area contributed by atoms with Crippen molar-refractivity contribution in [2.75, 3.05) is 13.2 Å². The van der Waals surface area contributed by atoms with Gasteiger partial charge in [0.05, 0.1) is 0 Å². The number of ether oxygens (including phenoxy) is 2. The second kappa shape index (κ2) is 16.4. The van der Waals surface area contributed by atoms with Crippen LogP contribution in [-0.2, 0) is 53.6 Å². The number of carbonyl (C=O) groups is 2. The fourth-order valence-electron chi connectivity index (χ4n) is 5.61. The van der Waals surface area contributed by atoms with E-state index in [0.29, 0.717) is 12.8 Å².